The van der Waals surface area contributed by atoms with Crippen LogP contribution in [0.2, 0.25) is 0 Å². The summed E-state index contributed by atoms with van der Waals surface area (Å²) in [5, 5.41) is 3.21. The van der Waals surface area contributed by atoms with Crippen LogP contribution < -0.4 is 10.1 Å². The molecule has 3 nitrogen and oxygen atoms in total. The first-order valence-electron chi connectivity index (χ1n) is 16.3. The van der Waals surface area contributed by atoms with Crippen molar-refractivity contribution in [3.8, 4) is 5.75 Å². The molecule has 3 heteroatoms. The van der Waals surface area contributed by atoms with Gasteiger partial charge in [-0.05, 0) is 90.9 Å². The van der Waals surface area contributed by atoms with Crippen molar-refractivity contribution in [3.05, 3.63) is 125 Å². The number of benzene rings is 2. The van der Waals surface area contributed by atoms with Crippen molar-refractivity contribution in [2.24, 2.45) is 0 Å². The molecule has 0 radical (unpaired) electrons. The molecule has 0 aliphatic heterocycles. The van der Waals surface area contributed by atoms with Gasteiger partial charge < -0.3 is 10.1 Å². The second-order valence-corrected chi connectivity index (χ2v) is 11.4. The number of unbranched alkanes of at least 4 members (excludes halogenated alkanes) is 9. The molecule has 0 atom stereocenters. The number of carbonyl (C=O) groups is 1. The van der Waals surface area contributed by atoms with Crippen LogP contribution in [-0.4, -0.2) is 12.4 Å². The highest BCUT2D eigenvalue weighted by Crippen LogP contribution is 2.25. The lowest BCUT2D eigenvalue weighted by molar-refractivity contribution is 0.104. The molecule has 0 saturated carbocycles. The third-order valence-electron chi connectivity index (χ3n) is 7.89. The molecule has 0 saturated heterocycles. The van der Waals surface area contributed by atoms with Gasteiger partial charge in [0.15, 0.2) is 5.78 Å². The van der Waals surface area contributed by atoms with E-state index in [1.165, 1.54) is 68.9 Å². The topological polar surface area (TPSA) is 38.3 Å². The van der Waals surface area contributed by atoms with E-state index >= 15 is 0 Å². The standard InChI is InChI=1S/C40H47NO2/c1-2-3-4-5-6-7-8-9-10-13-31-43-39-27-23-36(24-28-39)40(42)29-30-41-38-25-21-35(22-26-38)37-20-19-34(32-37)18-14-17-33-15-11-12-16-33/h11-12,15,19-30,41H,2-10,13-14,17-18,31H2,1H3/b30-29+. The molecule has 2 aromatic rings. The van der Waals surface area contributed by atoms with E-state index in [1.54, 1.807) is 12.3 Å². The number of nitrogens with one attached hydrogen (secondary N) is 1. The fraction of sp³-hybridized carbons (Fsp3) is 0.375. The number of hydrogen-bond donors (Lipinski definition) is 1. The monoisotopic (exact) mass is 573 g/mol. The first-order valence-corrected chi connectivity index (χ1v) is 16.3. The van der Waals surface area contributed by atoms with Crippen LogP contribution in [0, 0.1) is 0 Å². The van der Waals surface area contributed by atoms with Crippen LogP contribution in [0.3, 0.4) is 0 Å². The van der Waals surface area contributed by atoms with Crippen LogP contribution in [0.25, 0.3) is 5.57 Å². The van der Waals surface area contributed by atoms with Gasteiger partial charge in [-0.3, -0.25) is 4.79 Å². The van der Waals surface area contributed by atoms with Crippen LogP contribution in [-0.2, 0) is 0 Å². The van der Waals surface area contributed by atoms with Crippen LogP contribution in [0.4, 0.5) is 5.69 Å². The zero-order chi connectivity index (χ0) is 30.0. The predicted molar refractivity (Wildman–Crippen MR) is 181 cm³/mol. The lowest BCUT2D eigenvalue weighted by Crippen LogP contribution is -1.99. The second-order valence-electron chi connectivity index (χ2n) is 11.4. The third-order valence-corrected chi connectivity index (χ3v) is 7.89. The van der Waals surface area contributed by atoms with E-state index < -0.39 is 0 Å². The highest BCUT2D eigenvalue weighted by atomic mass is 16.5. The molecule has 2 aromatic carbocycles. The normalized spacial score (nSPS) is 13.5. The Morgan fingerprint density at radius 1 is 0.767 bits per heavy atom. The largest absolute Gasteiger partial charge is 0.494 e. The molecule has 2 aliphatic rings. The minimum absolute atomic E-state index is 0.0412. The van der Waals surface area contributed by atoms with Crippen LogP contribution >= 0.6 is 0 Å². The number of ketones is 1. The summed E-state index contributed by atoms with van der Waals surface area (Å²) in [6, 6.07) is 15.7. The lowest BCUT2D eigenvalue weighted by atomic mass is 10.1. The van der Waals surface area contributed by atoms with Crippen LogP contribution in [0.5, 0.6) is 5.75 Å². The maximum Gasteiger partial charge on any atom is 0.187 e. The smallest absolute Gasteiger partial charge is 0.187 e. The molecule has 0 unspecified atom stereocenters. The summed E-state index contributed by atoms with van der Waals surface area (Å²) in [4.78, 5) is 12.6. The lowest BCUT2D eigenvalue weighted by Gasteiger charge is -2.07. The Kier molecular flexibility index (Phi) is 13.7. The minimum Gasteiger partial charge on any atom is -0.494 e. The number of ether oxygens (including phenoxy) is 1. The fourth-order valence-electron chi connectivity index (χ4n) is 5.30. The Labute approximate surface area is 259 Å². The number of anilines is 1. The molecule has 1 N–H and O–H groups in total. The second kappa shape index (κ2) is 18.5. The van der Waals surface area contributed by atoms with Gasteiger partial charge in [0.05, 0.1) is 6.61 Å². The van der Waals surface area contributed by atoms with Gasteiger partial charge in [0.2, 0.25) is 0 Å². The zero-order valence-electron chi connectivity index (χ0n) is 25.9. The summed E-state index contributed by atoms with van der Waals surface area (Å²) >= 11 is 0. The molecule has 0 fully saturated rings. The molecule has 4 rings (SSSR count). The molecule has 0 heterocycles. The first-order chi connectivity index (χ1) is 21.2. The maximum atomic E-state index is 12.6. The third kappa shape index (κ3) is 11.6. The summed E-state index contributed by atoms with van der Waals surface area (Å²) in [5.74, 6) is 0.779. The number of hydrogen-bond acceptors (Lipinski definition) is 3. The predicted octanol–water partition coefficient (Wildman–Crippen LogP) is 11.1. The average Bonchev–Trinajstić information content (AvgIpc) is 3.73. The minimum atomic E-state index is -0.0412. The van der Waals surface area contributed by atoms with E-state index in [-0.39, 0.29) is 5.78 Å². The number of carbonyl (C=O) groups excluding carboxylic acids is 1. The summed E-state index contributed by atoms with van der Waals surface area (Å²) in [6.45, 7) is 2.99. The quantitative estimate of drug-likeness (QED) is 0.0698. The van der Waals surface area contributed by atoms with Gasteiger partial charge in [0.25, 0.3) is 0 Å². The van der Waals surface area contributed by atoms with E-state index in [1.807, 2.05) is 48.6 Å². The van der Waals surface area contributed by atoms with Crippen molar-refractivity contribution in [1.29, 1.82) is 0 Å². The SMILES string of the molecule is CCCCCCCCCCCCOc1ccc(C(=O)/C=C/Nc2ccc(C3=C=C(CCCC4=C=CC=C4)C=C3)cc2)cc1. The van der Waals surface area contributed by atoms with E-state index in [0.717, 1.165) is 54.9 Å². The Morgan fingerprint density at radius 2 is 1.47 bits per heavy atom. The highest BCUT2D eigenvalue weighted by Gasteiger charge is 2.06. The molecule has 43 heavy (non-hydrogen) atoms. The first kappa shape index (κ1) is 31.9. The Hall–Kier alpha value is -4.03. The Morgan fingerprint density at radius 3 is 2.16 bits per heavy atom. The zero-order valence-corrected chi connectivity index (χ0v) is 25.9. The number of rotatable bonds is 21. The fourth-order valence-corrected chi connectivity index (χ4v) is 5.30. The van der Waals surface area contributed by atoms with Gasteiger partial charge in [-0.2, -0.15) is 0 Å². The highest BCUT2D eigenvalue weighted by molar-refractivity contribution is 6.04. The van der Waals surface area contributed by atoms with Crippen molar-refractivity contribution >= 4 is 17.0 Å². The van der Waals surface area contributed by atoms with E-state index in [0.29, 0.717) is 5.56 Å². The molecule has 0 bridgehead atoms. The van der Waals surface area contributed by atoms with Gasteiger partial charge in [-0.25, -0.2) is 0 Å². The van der Waals surface area contributed by atoms with Gasteiger partial charge in [0, 0.05) is 29.1 Å². The van der Waals surface area contributed by atoms with Crippen molar-refractivity contribution in [2.75, 3.05) is 11.9 Å². The van der Waals surface area contributed by atoms with Crippen molar-refractivity contribution < 1.29 is 9.53 Å². The van der Waals surface area contributed by atoms with Crippen molar-refractivity contribution in [1.82, 2.24) is 0 Å². The van der Waals surface area contributed by atoms with Crippen LogP contribution in [0.1, 0.15) is 106 Å². The molecule has 0 aromatic heterocycles. The molecular weight excluding hydrogens is 526 g/mol. The molecule has 0 spiro atoms. The van der Waals surface area contributed by atoms with Crippen molar-refractivity contribution in [3.63, 3.8) is 0 Å². The van der Waals surface area contributed by atoms with Gasteiger partial charge in [0.1, 0.15) is 5.75 Å². The Bertz CT molecular complexity index is 1390. The molecule has 224 valence electrons. The van der Waals surface area contributed by atoms with Crippen molar-refractivity contribution in [2.45, 2.75) is 90.4 Å². The average molecular weight is 574 g/mol. The molecular formula is C40H47NO2. The van der Waals surface area contributed by atoms with E-state index in [2.05, 4.69) is 54.1 Å². The Balaban J connectivity index is 1.11. The van der Waals surface area contributed by atoms with Gasteiger partial charge in [-0.15, -0.1) is 11.5 Å². The summed E-state index contributed by atoms with van der Waals surface area (Å²) in [6.07, 6.45) is 30.0. The molecule has 0 amide bonds. The number of allylic oxidation sites excluding steroid dienone is 7. The summed E-state index contributed by atoms with van der Waals surface area (Å²) in [5.41, 5.74) is 13.2. The van der Waals surface area contributed by atoms with Gasteiger partial charge >= 0.3 is 0 Å². The van der Waals surface area contributed by atoms with E-state index in [9.17, 15) is 4.79 Å². The van der Waals surface area contributed by atoms with Gasteiger partial charge in [-0.1, -0.05) is 95.1 Å². The maximum absolute atomic E-state index is 12.6. The summed E-state index contributed by atoms with van der Waals surface area (Å²) in [7, 11) is 0. The summed E-state index contributed by atoms with van der Waals surface area (Å²) < 4.78 is 5.88. The molecule has 2 aliphatic carbocycles. The van der Waals surface area contributed by atoms with E-state index in [4.69, 9.17) is 4.74 Å². The van der Waals surface area contributed by atoms with Crippen LogP contribution in [0.15, 0.2) is 114 Å².